The van der Waals surface area contributed by atoms with Crippen LogP contribution in [0.4, 0.5) is 23.2 Å². The van der Waals surface area contributed by atoms with E-state index < -0.39 is 19.0 Å². The third-order valence-corrected chi connectivity index (χ3v) is 1.89. The summed E-state index contributed by atoms with van der Waals surface area (Å²) in [5, 5.41) is 8.55. The lowest BCUT2D eigenvalue weighted by Gasteiger charge is -2.16. The normalized spacial score (nSPS) is 11.3. The van der Waals surface area contributed by atoms with Gasteiger partial charge in [-0.1, -0.05) is 0 Å². The van der Waals surface area contributed by atoms with Crippen molar-refractivity contribution in [1.29, 1.82) is 5.26 Å². The number of benzene rings is 1. The second-order valence-corrected chi connectivity index (χ2v) is 3.21. The summed E-state index contributed by atoms with van der Waals surface area (Å²) < 4.78 is 53.2. The first-order valence-electron chi connectivity index (χ1n) is 4.45. The highest BCUT2D eigenvalue weighted by Crippen LogP contribution is 2.25. The van der Waals surface area contributed by atoms with E-state index in [1.807, 2.05) is 0 Å². The van der Waals surface area contributed by atoms with Crippen LogP contribution in [0.5, 0.6) is 5.75 Å². The van der Waals surface area contributed by atoms with Crippen molar-refractivity contribution in [2.24, 2.45) is 0 Å². The van der Waals surface area contributed by atoms with Crippen molar-refractivity contribution in [2.75, 3.05) is 12.3 Å². The number of nitrogens with two attached hydrogens (primary N) is 1. The highest BCUT2D eigenvalue weighted by molar-refractivity contribution is 5.57. The first-order chi connectivity index (χ1) is 7.86. The third-order valence-electron chi connectivity index (χ3n) is 1.89. The van der Waals surface area contributed by atoms with Gasteiger partial charge in [0.05, 0.1) is 11.3 Å². The second kappa shape index (κ2) is 4.91. The molecular formula is C10H8F4N2O. The number of nitrogens with zero attached hydrogens (tertiary/aromatic N) is 1. The number of alkyl halides is 4. The molecule has 1 aromatic rings. The van der Waals surface area contributed by atoms with Crippen LogP contribution in [0, 0.1) is 11.3 Å². The van der Waals surface area contributed by atoms with Crippen molar-refractivity contribution in [3.8, 4) is 11.8 Å². The van der Waals surface area contributed by atoms with Gasteiger partial charge >= 0.3 is 12.3 Å². The quantitative estimate of drug-likeness (QED) is 0.657. The minimum absolute atomic E-state index is 0.0327. The molecule has 3 nitrogen and oxygen atoms in total. The fourth-order valence-electron chi connectivity index (χ4n) is 0.975. The van der Waals surface area contributed by atoms with Gasteiger partial charge in [0.15, 0.2) is 6.61 Å². The predicted octanol–water partition coefficient (Wildman–Crippen LogP) is 2.42. The molecule has 0 aromatic heterocycles. The van der Waals surface area contributed by atoms with Crippen molar-refractivity contribution in [2.45, 2.75) is 12.3 Å². The number of anilines is 1. The average molecular weight is 248 g/mol. The van der Waals surface area contributed by atoms with Gasteiger partial charge in [0.2, 0.25) is 0 Å². The van der Waals surface area contributed by atoms with Crippen LogP contribution in [0.1, 0.15) is 5.56 Å². The number of nitrogen functional groups attached to an aromatic ring is 1. The van der Waals surface area contributed by atoms with E-state index in [1.54, 1.807) is 6.07 Å². The molecule has 1 aromatic carbocycles. The molecule has 0 aliphatic rings. The zero-order chi connectivity index (χ0) is 13.1. The van der Waals surface area contributed by atoms with E-state index in [0.717, 1.165) is 6.07 Å². The summed E-state index contributed by atoms with van der Waals surface area (Å²) in [5.41, 5.74) is 5.58. The Morgan fingerprint density at radius 2 is 2.06 bits per heavy atom. The molecule has 0 atom stereocenters. The summed E-state index contributed by atoms with van der Waals surface area (Å²) in [6, 6.07) is 5.35. The Balaban J connectivity index is 2.72. The van der Waals surface area contributed by atoms with Crippen LogP contribution in [0.3, 0.4) is 0 Å². The summed E-state index contributed by atoms with van der Waals surface area (Å²) in [7, 11) is 0. The third kappa shape index (κ3) is 3.24. The molecule has 0 radical (unpaired) electrons. The maximum absolute atomic E-state index is 12.5. The number of hydrogen-bond acceptors (Lipinski definition) is 3. The van der Waals surface area contributed by atoms with Crippen LogP contribution < -0.4 is 10.5 Å². The Morgan fingerprint density at radius 3 is 2.53 bits per heavy atom. The van der Waals surface area contributed by atoms with Crippen molar-refractivity contribution in [3.63, 3.8) is 0 Å². The van der Waals surface area contributed by atoms with Crippen LogP contribution >= 0.6 is 0 Å². The van der Waals surface area contributed by atoms with Gasteiger partial charge in [-0.25, -0.2) is 8.78 Å². The lowest BCUT2D eigenvalue weighted by Crippen LogP contribution is -2.33. The minimum atomic E-state index is -4.22. The van der Waals surface area contributed by atoms with Gasteiger partial charge in [0, 0.05) is 6.07 Å². The van der Waals surface area contributed by atoms with E-state index in [2.05, 4.69) is 4.74 Å². The SMILES string of the molecule is N#Cc1ccc(OCC(F)(F)C(F)F)cc1N. The van der Waals surface area contributed by atoms with Crippen LogP contribution in [0.2, 0.25) is 0 Å². The Labute approximate surface area is 94.4 Å². The Morgan fingerprint density at radius 1 is 1.41 bits per heavy atom. The molecule has 0 amide bonds. The number of nitriles is 1. The molecular weight excluding hydrogens is 240 g/mol. The molecule has 92 valence electrons. The molecule has 0 unspecified atom stereocenters. The summed E-state index contributed by atoms with van der Waals surface area (Å²) >= 11 is 0. The molecule has 7 heteroatoms. The van der Waals surface area contributed by atoms with Gasteiger partial charge in [0.1, 0.15) is 11.8 Å². The summed E-state index contributed by atoms with van der Waals surface area (Å²) in [5.74, 6) is -4.32. The van der Waals surface area contributed by atoms with Gasteiger partial charge in [-0.05, 0) is 12.1 Å². The van der Waals surface area contributed by atoms with Gasteiger partial charge in [-0.2, -0.15) is 14.0 Å². The van der Waals surface area contributed by atoms with Crippen molar-refractivity contribution in [1.82, 2.24) is 0 Å². The Bertz CT molecular complexity index is 442. The van der Waals surface area contributed by atoms with Gasteiger partial charge in [-0.15, -0.1) is 0 Å². The van der Waals surface area contributed by atoms with Crippen LogP contribution in [-0.2, 0) is 0 Å². The predicted molar refractivity (Wildman–Crippen MR) is 52.0 cm³/mol. The van der Waals surface area contributed by atoms with E-state index in [1.165, 1.54) is 12.1 Å². The summed E-state index contributed by atoms with van der Waals surface area (Å²) in [6.07, 6.45) is -3.79. The molecule has 0 heterocycles. The zero-order valence-electron chi connectivity index (χ0n) is 8.46. The molecule has 0 aliphatic carbocycles. The summed E-state index contributed by atoms with van der Waals surface area (Å²) in [4.78, 5) is 0. The molecule has 17 heavy (non-hydrogen) atoms. The van der Waals surface area contributed by atoms with Gasteiger partial charge in [-0.3, -0.25) is 0 Å². The maximum atomic E-state index is 12.5. The summed E-state index contributed by atoms with van der Waals surface area (Å²) in [6.45, 7) is -1.45. The van der Waals surface area contributed by atoms with Gasteiger partial charge < -0.3 is 10.5 Å². The Kier molecular flexibility index (Phi) is 3.78. The maximum Gasteiger partial charge on any atom is 0.340 e. The average Bonchev–Trinajstić information content (AvgIpc) is 2.26. The van der Waals surface area contributed by atoms with E-state index in [9.17, 15) is 17.6 Å². The first-order valence-corrected chi connectivity index (χ1v) is 4.45. The molecule has 0 spiro atoms. The zero-order valence-corrected chi connectivity index (χ0v) is 8.46. The smallest absolute Gasteiger partial charge is 0.340 e. The van der Waals surface area contributed by atoms with E-state index in [4.69, 9.17) is 11.0 Å². The largest absolute Gasteiger partial charge is 0.487 e. The van der Waals surface area contributed by atoms with E-state index in [-0.39, 0.29) is 17.0 Å². The fraction of sp³-hybridized carbons (Fsp3) is 0.300. The Hall–Kier alpha value is -1.97. The molecule has 0 aliphatic heterocycles. The first kappa shape index (κ1) is 13.1. The molecule has 0 bridgehead atoms. The highest BCUT2D eigenvalue weighted by Gasteiger charge is 2.41. The van der Waals surface area contributed by atoms with Crippen LogP contribution in [0.15, 0.2) is 18.2 Å². The molecule has 0 saturated heterocycles. The second-order valence-electron chi connectivity index (χ2n) is 3.21. The highest BCUT2D eigenvalue weighted by atomic mass is 19.3. The molecule has 0 fully saturated rings. The van der Waals surface area contributed by atoms with Gasteiger partial charge in [0.25, 0.3) is 0 Å². The van der Waals surface area contributed by atoms with E-state index >= 15 is 0 Å². The van der Waals surface area contributed by atoms with Crippen LogP contribution in [0.25, 0.3) is 0 Å². The molecule has 1 rings (SSSR count). The van der Waals surface area contributed by atoms with Crippen molar-refractivity contribution >= 4 is 5.69 Å². The fourth-order valence-corrected chi connectivity index (χ4v) is 0.975. The molecule has 2 N–H and O–H groups in total. The number of hydrogen-bond donors (Lipinski definition) is 1. The lowest BCUT2D eigenvalue weighted by molar-refractivity contribution is -0.148. The lowest BCUT2D eigenvalue weighted by atomic mass is 10.2. The standard InChI is InChI=1S/C10H8F4N2O/c11-9(12)10(13,14)5-17-7-2-1-6(4-15)8(16)3-7/h1-3,9H,5,16H2. The minimum Gasteiger partial charge on any atom is -0.487 e. The number of ether oxygens (including phenoxy) is 1. The number of rotatable bonds is 4. The number of halogens is 4. The monoisotopic (exact) mass is 248 g/mol. The van der Waals surface area contributed by atoms with E-state index in [0.29, 0.717) is 0 Å². The topological polar surface area (TPSA) is 59.0 Å². The molecule has 0 saturated carbocycles. The van der Waals surface area contributed by atoms with Crippen molar-refractivity contribution < 1.29 is 22.3 Å². The van der Waals surface area contributed by atoms with Crippen molar-refractivity contribution in [3.05, 3.63) is 23.8 Å². The van der Waals surface area contributed by atoms with Crippen LogP contribution in [-0.4, -0.2) is 19.0 Å².